The lowest BCUT2D eigenvalue weighted by Gasteiger charge is -2.13. The monoisotopic (exact) mass is 268 g/mol. The van der Waals surface area contributed by atoms with Gasteiger partial charge in [0, 0.05) is 12.5 Å². The lowest BCUT2D eigenvalue weighted by atomic mass is 10.1. The number of carbonyl (C=O) groups is 2. The number of hydrogen-bond acceptors (Lipinski definition) is 5. The van der Waals surface area contributed by atoms with Crippen LogP contribution in [0, 0.1) is 0 Å². The molecule has 19 heavy (non-hydrogen) atoms. The van der Waals surface area contributed by atoms with E-state index >= 15 is 0 Å². The van der Waals surface area contributed by atoms with Gasteiger partial charge in [-0.15, -0.1) is 0 Å². The number of carboxylic acids is 1. The van der Waals surface area contributed by atoms with Gasteiger partial charge in [0.15, 0.2) is 0 Å². The summed E-state index contributed by atoms with van der Waals surface area (Å²) >= 11 is 0. The number of anilines is 1. The molecule has 0 aliphatic carbocycles. The van der Waals surface area contributed by atoms with Gasteiger partial charge in [-0.05, 0) is 18.6 Å². The van der Waals surface area contributed by atoms with Crippen LogP contribution in [0.1, 0.15) is 12.8 Å². The summed E-state index contributed by atoms with van der Waals surface area (Å²) < 4.78 is 4.96. The quantitative estimate of drug-likeness (QED) is 0.558. The first-order chi connectivity index (χ1) is 8.93. The molecule has 1 rings (SSSR count). The second kappa shape index (κ2) is 6.60. The minimum absolute atomic E-state index is 0.0197. The van der Waals surface area contributed by atoms with Crippen LogP contribution in [-0.4, -0.2) is 35.2 Å². The lowest BCUT2D eigenvalue weighted by molar-refractivity contribution is -0.137. The topological polar surface area (TPSA) is 122 Å². The highest BCUT2D eigenvalue weighted by molar-refractivity contribution is 5.96. The van der Waals surface area contributed by atoms with E-state index in [2.05, 4.69) is 5.32 Å². The van der Waals surface area contributed by atoms with Gasteiger partial charge in [0.25, 0.3) is 0 Å². The van der Waals surface area contributed by atoms with Crippen molar-refractivity contribution in [2.24, 2.45) is 5.73 Å². The number of amides is 1. The smallest absolute Gasteiger partial charge is 0.303 e. The Morgan fingerprint density at radius 1 is 1.47 bits per heavy atom. The molecule has 0 bridgehead atoms. The van der Waals surface area contributed by atoms with E-state index in [9.17, 15) is 14.7 Å². The Morgan fingerprint density at radius 3 is 2.74 bits per heavy atom. The summed E-state index contributed by atoms with van der Waals surface area (Å²) in [4.78, 5) is 22.1. The van der Waals surface area contributed by atoms with Crippen molar-refractivity contribution in [2.45, 2.75) is 18.9 Å². The molecule has 104 valence electrons. The molecule has 0 saturated carbocycles. The maximum absolute atomic E-state index is 11.7. The second-order valence-electron chi connectivity index (χ2n) is 3.91. The number of carbonyl (C=O) groups excluding carboxylic acids is 1. The summed E-state index contributed by atoms with van der Waals surface area (Å²) in [5.41, 5.74) is 5.71. The van der Waals surface area contributed by atoms with Crippen molar-refractivity contribution in [3.8, 4) is 11.5 Å². The number of ether oxygens (including phenoxy) is 1. The fourth-order valence-electron chi connectivity index (χ4n) is 1.38. The summed E-state index contributed by atoms with van der Waals surface area (Å²) in [5.74, 6) is -1.25. The predicted molar refractivity (Wildman–Crippen MR) is 68.1 cm³/mol. The number of benzene rings is 1. The molecule has 0 fully saturated rings. The molecule has 5 N–H and O–H groups in total. The zero-order valence-electron chi connectivity index (χ0n) is 10.4. The maximum atomic E-state index is 11.7. The SMILES string of the molecule is COc1ccc(O)c(NC(=O)C(N)CCC(=O)O)c1. The molecule has 0 aliphatic heterocycles. The van der Waals surface area contributed by atoms with Gasteiger partial charge >= 0.3 is 5.97 Å². The Hall–Kier alpha value is -2.28. The Bertz CT molecular complexity index is 475. The van der Waals surface area contributed by atoms with Gasteiger partial charge in [-0.1, -0.05) is 0 Å². The molecule has 1 aromatic rings. The summed E-state index contributed by atoms with van der Waals surface area (Å²) in [7, 11) is 1.45. The lowest BCUT2D eigenvalue weighted by Crippen LogP contribution is -2.36. The molecule has 1 atom stereocenters. The van der Waals surface area contributed by atoms with Crippen LogP contribution in [0.4, 0.5) is 5.69 Å². The number of methoxy groups -OCH3 is 1. The normalized spacial score (nSPS) is 11.7. The highest BCUT2D eigenvalue weighted by Crippen LogP contribution is 2.27. The minimum atomic E-state index is -1.02. The zero-order chi connectivity index (χ0) is 14.4. The molecule has 1 aromatic carbocycles. The van der Waals surface area contributed by atoms with Gasteiger partial charge in [0.05, 0.1) is 18.8 Å². The maximum Gasteiger partial charge on any atom is 0.303 e. The second-order valence-corrected chi connectivity index (χ2v) is 3.91. The summed E-state index contributed by atoms with van der Waals surface area (Å²) in [6, 6.07) is 3.39. The van der Waals surface area contributed by atoms with E-state index < -0.39 is 17.9 Å². The minimum Gasteiger partial charge on any atom is -0.506 e. The Morgan fingerprint density at radius 2 is 2.16 bits per heavy atom. The number of phenolic OH excluding ortho intramolecular Hbond substituents is 1. The van der Waals surface area contributed by atoms with Gasteiger partial charge in [-0.3, -0.25) is 9.59 Å². The molecule has 1 unspecified atom stereocenters. The van der Waals surface area contributed by atoms with Crippen molar-refractivity contribution >= 4 is 17.6 Å². The first-order valence-corrected chi connectivity index (χ1v) is 5.59. The molecule has 0 saturated heterocycles. The number of phenols is 1. The van der Waals surface area contributed by atoms with Crippen LogP contribution >= 0.6 is 0 Å². The largest absolute Gasteiger partial charge is 0.506 e. The molecule has 7 heteroatoms. The molecular weight excluding hydrogens is 252 g/mol. The van der Waals surface area contributed by atoms with Gasteiger partial charge in [0.1, 0.15) is 11.5 Å². The fraction of sp³-hybridized carbons (Fsp3) is 0.333. The van der Waals surface area contributed by atoms with E-state index in [-0.39, 0.29) is 24.3 Å². The predicted octanol–water partition coefficient (Wildman–Crippen LogP) is 0.531. The van der Waals surface area contributed by atoms with Gasteiger partial charge < -0.3 is 26.0 Å². The van der Waals surface area contributed by atoms with Crippen LogP contribution in [0.15, 0.2) is 18.2 Å². The Kier molecular flexibility index (Phi) is 5.13. The molecule has 0 radical (unpaired) electrons. The molecule has 0 aliphatic rings. The van der Waals surface area contributed by atoms with Crippen LogP contribution in [0.3, 0.4) is 0 Å². The number of carboxylic acid groups (broad SMARTS) is 1. The number of aromatic hydroxyl groups is 1. The van der Waals surface area contributed by atoms with E-state index in [1.165, 1.54) is 25.3 Å². The van der Waals surface area contributed by atoms with Gasteiger partial charge in [-0.25, -0.2) is 0 Å². The third-order valence-corrected chi connectivity index (χ3v) is 2.47. The van der Waals surface area contributed by atoms with Crippen molar-refractivity contribution in [3.05, 3.63) is 18.2 Å². The van der Waals surface area contributed by atoms with Crippen molar-refractivity contribution in [3.63, 3.8) is 0 Å². The van der Waals surface area contributed by atoms with Crippen LogP contribution in [-0.2, 0) is 9.59 Å². The molecule has 0 aromatic heterocycles. The first-order valence-electron chi connectivity index (χ1n) is 5.59. The highest BCUT2D eigenvalue weighted by atomic mass is 16.5. The number of aliphatic carboxylic acids is 1. The first kappa shape index (κ1) is 14.8. The van der Waals surface area contributed by atoms with E-state index in [4.69, 9.17) is 15.6 Å². The standard InChI is InChI=1S/C12H16N2O5/c1-19-7-2-4-10(15)9(6-7)14-12(18)8(13)3-5-11(16)17/h2,4,6,8,15H,3,5,13H2,1H3,(H,14,18)(H,16,17). The molecule has 0 heterocycles. The van der Waals surface area contributed by atoms with E-state index in [0.29, 0.717) is 5.75 Å². The fourth-order valence-corrected chi connectivity index (χ4v) is 1.38. The Labute approximate surface area is 110 Å². The zero-order valence-corrected chi connectivity index (χ0v) is 10.4. The van der Waals surface area contributed by atoms with Crippen LogP contribution in [0.25, 0.3) is 0 Å². The van der Waals surface area contributed by atoms with Crippen molar-refractivity contribution < 1.29 is 24.5 Å². The number of nitrogens with one attached hydrogen (secondary N) is 1. The summed E-state index contributed by atoms with van der Waals surface area (Å²) in [5, 5.41) is 20.5. The number of nitrogens with two attached hydrogens (primary N) is 1. The summed E-state index contributed by atoms with van der Waals surface area (Å²) in [6.07, 6.45) is -0.176. The van der Waals surface area contributed by atoms with E-state index in [1.54, 1.807) is 0 Å². The number of rotatable bonds is 6. The van der Waals surface area contributed by atoms with Gasteiger partial charge in [0.2, 0.25) is 5.91 Å². The van der Waals surface area contributed by atoms with Crippen LogP contribution in [0.5, 0.6) is 11.5 Å². The molecule has 7 nitrogen and oxygen atoms in total. The molecule has 1 amide bonds. The van der Waals surface area contributed by atoms with Crippen molar-refractivity contribution in [1.82, 2.24) is 0 Å². The third-order valence-electron chi connectivity index (χ3n) is 2.47. The third kappa shape index (κ3) is 4.47. The average Bonchev–Trinajstić information content (AvgIpc) is 2.38. The van der Waals surface area contributed by atoms with Crippen molar-refractivity contribution in [1.29, 1.82) is 0 Å². The van der Waals surface area contributed by atoms with Crippen LogP contribution in [0.2, 0.25) is 0 Å². The summed E-state index contributed by atoms with van der Waals surface area (Å²) in [6.45, 7) is 0. The van der Waals surface area contributed by atoms with Crippen molar-refractivity contribution in [2.75, 3.05) is 12.4 Å². The van der Waals surface area contributed by atoms with Crippen LogP contribution < -0.4 is 15.8 Å². The average molecular weight is 268 g/mol. The highest BCUT2D eigenvalue weighted by Gasteiger charge is 2.16. The molecule has 0 spiro atoms. The molecular formula is C12H16N2O5. The van der Waals surface area contributed by atoms with Gasteiger partial charge in [-0.2, -0.15) is 0 Å². The Balaban J connectivity index is 2.68. The van der Waals surface area contributed by atoms with E-state index in [0.717, 1.165) is 0 Å². The van der Waals surface area contributed by atoms with E-state index in [1.807, 2.05) is 0 Å². The number of hydrogen-bond donors (Lipinski definition) is 4.